The summed E-state index contributed by atoms with van der Waals surface area (Å²) < 4.78 is 0. The highest BCUT2D eigenvalue weighted by molar-refractivity contribution is 5.66. The van der Waals surface area contributed by atoms with Gasteiger partial charge in [0.2, 0.25) is 11.8 Å². The Morgan fingerprint density at radius 3 is 2.60 bits per heavy atom. The molecule has 0 aliphatic heterocycles. The van der Waals surface area contributed by atoms with Crippen molar-refractivity contribution in [1.82, 2.24) is 9.97 Å². The van der Waals surface area contributed by atoms with Crippen LogP contribution in [0, 0.1) is 10.1 Å². The summed E-state index contributed by atoms with van der Waals surface area (Å²) >= 11 is 0. The van der Waals surface area contributed by atoms with Gasteiger partial charge in [0.15, 0.2) is 0 Å². The van der Waals surface area contributed by atoms with Gasteiger partial charge in [-0.15, -0.1) is 0 Å². The van der Waals surface area contributed by atoms with Crippen LogP contribution in [0.3, 0.4) is 0 Å². The van der Waals surface area contributed by atoms with Crippen molar-refractivity contribution in [3.63, 3.8) is 0 Å². The number of nitro groups is 1. The van der Waals surface area contributed by atoms with Gasteiger partial charge in [-0.1, -0.05) is 19.1 Å². The van der Waals surface area contributed by atoms with Crippen molar-refractivity contribution in [2.45, 2.75) is 13.3 Å². The zero-order valence-corrected chi connectivity index (χ0v) is 10.8. The van der Waals surface area contributed by atoms with Crippen LogP contribution in [0.1, 0.15) is 12.5 Å². The van der Waals surface area contributed by atoms with E-state index < -0.39 is 4.92 Å². The van der Waals surface area contributed by atoms with E-state index in [1.165, 1.54) is 5.56 Å². The van der Waals surface area contributed by atoms with Gasteiger partial charge >= 0.3 is 5.69 Å². The van der Waals surface area contributed by atoms with Gasteiger partial charge in [-0.25, -0.2) is 10.8 Å². The van der Waals surface area contributed by atoms with Gasteiger partial charge in [-0.3, -0.25) is 15.5 Å². The number of benzene rings is 1. The molecule has 0 fully saturated rings. The minimum absolute atomic E-state index is 0.0854. The summed E-state index contributed by atoms with van der Waals surface area (Å²) in [6.07, 6.45) is 2.03. The number of nitrogen functional groups attached to an aromatic ring is 1. The molecule has 0 atom stereocenters. The molecule has 4 N–H and O–H groups in total. The standard InChI is InChI=1S/C12H14N6O2/c1-2-8-3-5-9(6-4-8)15-11-10(18(19)20)7-14-12(16-11)17-13/h3-7H,2,13H2,1H3,(H2,14,15,16,17). The molecule has 8 heteroatoms. The van der Waals surface area contributed by atoms with Crippen LogP contribution in [-0.2, 0) is 6.42 Å². The number of hydrogen-bond donors (Lipinski definition) is 3. The molecule has 0 unspecified atom stereocenters. The van der Waals surface area contributed by atoms with Crippen molar-refractivity contribution in [3.05, 3.63) is 46.1 Å². The lowest BCUT2D eigenvalue weighted by molar-refractivity contribution is -0.384. The van der Waals surface area contributed by atoms with Gasteiger partial charge in [0.05, 0.1) is 4.92 Å². The zero-order chi connectivity index (χ0) is 14.5. The number of nitrogens with one attached hydrogen (secondary N) is 2. The van der Waals surface area contributed by atoms with Gasteiger partial charge in [-0.2, -0.15) is 4.98 Å². The van der Waals surface area contributed by atoms with Crippen LogP contribution in [0.5, 0.6) is 0 Å². The maximum atomic E-state index is 10.9. The molecule has 8 nitrogen and oxygen atoms in total. The summed E-state index contributed by atoms with van der Waals surface area (Å²) in [5.41, 5.74) is 3.91. The predicted molar refractivity (Wildman–Crippen MR) is 75.6 cm³/mol. The molecule has 0 bridgehead atoms. The molecule has 1 aromatic carbocycles. The molecule has 0 saturated heterocycles. The molecule has 2 aromatic rings. The second-order valence-electron chi connectivity index (χ2n) is 4.00. The molecule has 0 saturated carbocycles. The molecule has 1 heterocycles. The fourth-order valence-electron chi connectivity index (χ4n) is 1.63. The van der Waals surface area contributed by atoms with E-state index in [4.69, 9.17) is 5.84 Å². The van der Waals surface area contributed by atoms with E-state index in [0.717, 1.165) is 12.6 Å². The number of hydrazine groups is 1. The van der Waals surface area contributed by atoms with Crippen molar-refractivity contribution in [3.8, 4) is 0 Å². The lowest BCUT2D eigenvalue weighted by Gasteiger charge is -2.08. The minimum atomic E-state index is -0.553. The van der Waals surface area contributed by atoms with Gasteiger partial charge < -0.3 is 5.32 Å². The second kappa shape index (κ2) is 5.93. The van der Waals surface area contributed by atoms with Crippen LogP contribution in [0.25, 0.3) is 0 Å². The number of rotatable bonds is 5. The lowest BCUT2D eigenvalue weighted by atomic mass is 10.1. The third kappa shape index (κ3) is 2.98. The van der Waals surface area contributed by atoms with Gasteiger partial charge in [0, 0.05) is 5.69 Å². The number of aromatic nitrogens is 2. The molecule has 104 valence electrons. The summed E-state index contributed by atoms with van der Waals surface area (Å²) in [5.74, 6) is 5.39. The summed E-state index contributed by atoms with van der Waals surface area (Å²) in [6, 6.07) is 7.55. The topological polar surface area (TPSA) is 119 Å². The van der Waals surface area contributed by atoms with Crippen molar-refractivity contribution in [2.75, 3.05) is 10.7 Å². The SMILES string of the molecule is CCc1ccc(Nc2nc(NN)ncc2[N+](=O)[O-])cc1. The van der Waals surface area contributed by atoms with Gasteiger partial charge in [-0.05, 0) is 24.1 Å². The number of nitrogens with two attached hydrogens (primary N) is 1. The maximum Gasteiger partial charge on any atom is 0.329 e. The van der Waals surface area contributed by atoms with Crippen molar-refractivity contribution < 1.29 is 4.92 Å². The Morgan fingerprint density at radius 2 is 2.05 bits per heavy atom. The highest BCUT2D eigenvalue weighted by Gasteiger charge is 2.17. The smallest absolute Gasteiger partial charge is 0.329 e. The number of hydrogen-bond acceptors (Lipinski definition) is 7. The monoisotopic (exact) mass is 274 g/mol. The Balaban J connectivity index is 2.32. The highest BCUT2D eigenvalue weighted by Crippen LogP contribution is 2.25. The van der Waals surface area contributed by atoms with E-state index in [1.807, 2.05) is 24.3 Å². The molecule has 2 rings (SSSR count). The van der Waals surface area contributed by atoms with E-state index in [1.54, 1.807) is 0 Å². The van der Waals surface area contributed by atoms with Crippen molar-refractivity contribution in [2.24, 2.45) is 5.84 Å². The summed E-state index contributed by atoms with van der Waals surface area (Å²) in [5, 5.41) is 13.8. The van der Waals surface area contributed by atoms with Gasteiger partial charge in [0.25, 0.3) is 0 Å². The quantitative estimate of drug-likeness (QED) is 0.433. The van der Waals surface area contributed by atoms with Crippen LogP contribution in [-0.4, -0.2) is 14.9 Å². The Labute approximate surface area is 115 Å². The number of anilines is 3. The summed E-state index contributed by atoms with van der Waals surface area (Å²) in [6.45, 7) is 2.05. The number of nitrogens with zero attached hydrogens (tertiary/aromatic N) is 3. The molecule has 0 aliphatic carbocycles. The van der Waals surface area contributed by atoms with Crippen LogP contribution in [0.15, 0.2) is 30.5 Å². The van der Waals surface area contributed by atoms with Gasteiger partial charge in [0.1, 0.15) is 6.20 Å². The Bertz CT molecular complexity index is 614. The molecule has 0 aliphatic rings. The van der Waals surface area contributed by atoms with Crippen molar-refractivity contribution in [1.29, 1.82) is 0 Å². The fourth-order valence-corrected chi connectivity index (χ4v) is 1.63. The third-order valence-corrected chi connectivity index (χ3v) is 2.72. The number of aryl methyl sites for hydroxylation is 1. The molecular weight excluding hydrogens is 260 g/mol. The van der Waals surface area contributed by atoms with E-state index in [-0.39, 0.29) is 17.5 Å². The molecule has 1 aromatic heterocycles. The Hall–Kier alpha value is -2.74. The zero-order valence-electron chi connectivity index (χ0n) is 10.8. The lowest BCUT2D eigenvalue weighted by Crippen LogP contribution is -2.12. The Kier molecular flexibility index (Phi) is 4.06. The average Bonchev–Trinajstić information content (AvgIpc) is 2.47. The normalized spacial score (nSPS) is 10.1. The first-order valence-electron chi connectivity index (χ1n) is 5.98. The van der Waals surface area contributed by atoms with E-state index in [2.05, 4.69) is 27.6 Å². The third-order valence-electron chi connectivity index (χ3n) is 2.72. The van der Waals surface area contributed by atoms with Crippen LogP contribution >= 0.6 is 0 Å². The summed E-state index contributed by atoms with van der Waals surface area (Å²) in [7, 11) is 0. The molecule has 0 amide bonds. The minimum Gasteiger partial charge on any atom is -0.334 e. The maximum absolute atomic E-state index is 10.9. The van der Waals surface area contributed by atoms with Crippen LogP contribution in [0.4, 0.5) is 23.1 Å². The van der Waals surface area contributed by atoms with Crippen LogP contribution < -0.4 is 16.6 Å². The summed E-state index contributed by atoms with van der Waals surface area (Å²) in [4.78, 5) is 18.1. The first-order chi connectivity index (χ1) is 9.63. The Morgan fingerprint density at radius 1 is 1.35 bits per heavy atom. The molecule has 20 heavy (non-hydrogen) atoms. The van der Waals surface area contributed by atoms with Crippen LogP contribution in [0.2, 0.25) is 0 Å². The first kappa shape index (κ1) is 13.7. The van der Waals surface area contributed by atoms with E-state index in [9.17, 15) is 10.1 Å². The second-order valence-corrected chi connectivity index (χ2v) is 4.00. The molecule has 0 radical (unpaired) electrons. The fraction of sp³-hybridized carbons (Fsp3) is 0.167. The molecule has 0 spiro atoms. The van der Waals surface area contributed by atoms with E-state index in [0.29, 0.717) is 5.69 Å². The average molecular weight is 274 g/mol. The van der Waals surface area contributed by atoms with E-state index >= 15 is 0 Å². The first-order valence-corrected chi connectivity index (χ1v) is 5.98. The highest BCUT2D eigenvalue weighted by atomic mass is 16.6. The largest absolute Gasteiger partial charge is 0.334 e. The van der Waals surface area contributed by atoms with Crippen molar-refractivity contribution >= 4 is 23.1 Å². The molecular formula is C12H14N6O2. The predicted octanol–water partition coefficient (Wildman–Crippen LogP) is 1.98.